The van der Waals surface area contributed by atoms with Crippen molar-refractivity contribution < 1.29 is 0 Å². The molecule has 182 valence electrons. The van der Waals surface area contributed by atoms with Gasteiger partial charge < -0.3 is 21.4 Å². The van der Waals surface area contributed by atoms with Crippen molar-refractivity contribution in [1.29, 1.82) is 0 Å². The molecule has 1 aromatic carbocycles. The van der Waals surface area contributed by atoms with Crippen LogP contribution in [-0.4, -0.2) is 9.55 Å². The van der Waals surface area contributed by atoms with Crippen LogP contribution in [0.5, 0.6) is 0 Å². The zero-order chi connectivity index (χ0) is 25.2. The number of hydrogen-bond acceptors (Lipinski definition) is 4. The summed E-state index contributed by atoms with van der Waals surface area (Å²) in [6, 6.07) is 6.19. The van der Waals surface area contributed by atoms with Crippen LogP contribution in [0.2, 0.25) is 0 Å². The zero-order valence-corrected chi connectivity index (χ0v) is 21.6. The van der Waals surface area contributed by atoms with Gasteiger partial charge in [0.2, 0.25) is 0 Å². The largest absolute Gasteiger partial charge is 0.398 e. The molecule has 0 atom stereocenters. The number of imidazole rings is 1. The predicted octanol–water partition coefficient (Wildman–Crippen LogP) is 6.79. The molecule has 0 saturated heterocycles. The summed E-state index contributed by atoms with van der Waals surface area (Å²) >= 11 is 0. The van der Waals surface area contributed by atoms with Crippen LogP contribution in [0.25, 0.3) is 17.0 Å². The third kappa shape index (κ3) is 10.8. The molecular weight excluding hydrogens is 406 g/mol. The maximum absolute atomic E-state index is 6.28. The number of nitrogens with one attached hydrogen (secondary N) is 1. The van der Waals surface area contributed by atoms with Gasteiger partial charge in [0.05, 0.1) is 12.0 Å². The first-order valence-electron chi connectivity index (χ1n) is 11.8. The molecule has 2 aromatic rings. The van der Waals surface area contributed by atoms with Gasteiger partial charge in [0.25, 0.3) is 0 Å². The van der Waals surface area contributed by atoms with Gasteiger partial charge in [-0.15, -0.1) is 13.2 Å². The van der Waals surface area contributed by atoms with Crippen molar-refractivity contribution in [3.63, 3.8) is 0 Å². The van der Waals surface area contributed by atoms with E-state index in [2.05, 4.69) is 64.1 Å². The average molecular weight is 452 g/mol. The van der Waals surface area contributed by atoms with Gasteiger partial charge in [-0.3, -0.25) is 0 Å². The van der Waals surface area contributed by atoms with E-state index < -0.39 is 0 Å². The Balaban J connectivity index is 0.000000877. The third-order valence-corrected chi connectivity index (χ3v) is 4.62. The second-order valence-electron chi connectivity index (χ2n) is 7.80. The smallest absolute Gasteiger partial charge is 0.104 e. The van der Waals surface area contributed by atoms with E-state index in [-0.39, 0.29) is 0 Å². The Morgan fingerprint density at radius 2 is 1.82 bits per heavy atom. The van der Waals surface area contributed by atoms with Crippen molar-refractivity contribution in [3.05, 3.63) is 84.8 Å². The number of aromatic nitrogens is 2. The molecule has 5 nitrogen and oxygen atoms in total. The average Bonchev–Trinajstić information content (AvgIpc) is 3.24. The highest BCUT2D eigenvalue weighted by Crippen LogP contribution is 2.24. The van der Waals surface area contributed by atoms with E-state index in [1.807, 2.05) is 48.3 Å². The van der Waals surface area contributed by atoms with Gasteiger partial charge in [-0.2, -0.15) is 0 Å². The van der Waals surface area contributed by atoms with Crippen molar-refractivity contribution in [2.45, 2.75) is 66.7 Å². The topological polar surface area (TPSA) is 81.9 Å². The maximum atomic E-state index is 6.28. The molecule has 33 heavy (non-hydrogen) atoms. The normalized spacial score (nSPS) is 12.4. The molecule has 0 unspecified atom stereocenters. The van der Waals surface area contributed by atoms with Gasteiger partial charge in [-0.1, -0.05) is 71.6 Å². The number of dihydropyridines is 1. The first kappa shape index (κ1) is 29.8. The summed E-state index contributed by atoms with van der Waals surface area (Å²) in [5.41, 5.74) is 18.1. The molecule has 0 spiro atoms. The van der Waals surface area contributed by atoms with Crippen LogP contribution >= 0.6 is 0 Å². The van der Waals surface area contributed by atoms with Crippen LogP contribution in [0.4, 0.5) is 0 Å². The summed E-state index contributed by atoms with van der Waals surface area (Å²) in [7, 11) is 1.96. The van der Waals surface area contributed by atoms with E-state index in [9.17, 15) is 0 Å². The van der Waals surface area contributed by atoms with E-state index in [1.165, 1.54) is 25.7 Å². The lowest BCUT2D eigenvalue weighted by atomic mass is 9.99. The standard InChI is InChI=1S/C18H21N5.C5H12.C3H8.C2H4/c1-12-8-13(17-10-23(2)11-22-17)5-6-15(12)16(19)9-14-4-3-7-21-18(14)20;1-3-5-4-2;1-3-2;1-2/h3,5-11,21H,4,19-20H2,1-2H3;3-5H2,1-2H3;3H2,1-2H3;1-2H2/b16-9-;;;. The quantitative estimate of drug-likeness (QED) is 0.437. The number of nitrogens with zero attached hydrogens (tertiary/aromatic N) is 2. The summed E-state index contributed by atoms with van der Waals surface area (Å²) in [5, 5.41) is 3.00. The maximum Gasteiger partial charge on any atom is 0.104 e. The summed E-state index contributed by atoms with van der Waals surface area (Å²) in [6.45, 7) is 16.7. The van der Waals surface area contributed by atoms with Crippen LogP contribution in [0.3, 0.4) is 0 Å². The lowest BCUT2D eigenvalue weighted by molar-refractivity contribution is 0.772. The van der Waals surface area contributed by atoms with Crippen LogP contribution in [0.1, 0.15) is 70.9 Å². The van der Waals surface area contributed by atoms with Gasteiger partial charge in [0.15, 0.2) is 0 Å². The number of aryl methyl sites for hydroxylation is 2. The van der Waals surface area contributed by atoms with E-state index in [0.29, 0.717) is 11.5 Å². The summed E-state index contributed by atoms with van der Waals surface area (Å²) in [5.74, 6) is 0.651. The Bertz CT molecular complexity index is 901. The monoisotopic (exact) mass is 451 g/mol. The third-order valence-electron chi connectivity index (χ3n) is 4.62. The number of unbranched alkanes of at least 4 members (excludes halogenated alkanes) is 2. The van der Waals surface area contributed by atoms with Gasteiger partial charge >= 0.3 is 0 Å². The van der Waals surface area contributed by atoms with Crippen LogP contribution in [0.15, 0.2) is 73.6 Å². The molecule has 1 aromatic heterocycles. The molecule has 1 aliphatic rings. The van der Waals surface area contributed by atoms with Gasteiger partial charge in [-0.25, -0.2) is 4.98 Å². The molecule has 1 aliphatic heterocycles. The van der Waals surface area contributed by atoms with Gasteiger partial charge in [0.1, 0.15) is 5.82 Å². The lowest BCUT2D eigenvalue weighted by Crippen LogP contribution is -2.19. The molecule has 5 N–H and O–H groups in total. The molecule has 0 bridgehead atoms. The SMILES string of the molecule is C=C.CCC.CCCCC.Cc1cc(-c2cn(C)cn2)ccc1/C(N)=C/C1=C(N)NC=CC1. The fourth-order valence-electron chi connectivity index (χ4n) is 3.00. The zero-order valence-electron chi connectivity index (χ0n) is 21.6. The van der Waals surface area contributed by atoms with Crippen LogP contribution in [-0.2, 0) is 7.05 Å². The van der Waals surface area contributed by atoms with Crippen LogP contribution < -0.4 is 16.8 Å². The summed E-state index contributed by atoms with van der Waals surface area (Å²) in [6.07, 6.45) is 15.7. The van der Waals surface area contributed by atoms with Gasteiger partial charge in [0, 0.05) is 30.1 Å². The Labute approximate surface area is 202 Å². The fourth-order valence-corrected chi connectivity index (χ4v) is 3.00. The highest BCUT2D eigenvalue weighted by molar-refractivity contribution is 5.72. The molecule has 0 saturated carbocycles. The van der Waals surface area contributed by atoms with E-state index >= 15 is 0 Å². The number of rotatable bonds is 5. The number of nitrogens with two attached hydrogens (primary N) is 2. The molecule has 0 aliphatic carbocycles. The van der Waals surface area contributed by atoms with Crippen molar-refractivity contribution in [3.8, 4) is 11.3 Å². The highest BCUT2D eigenvalue weighted by Gasteiger charge is 2.09. The minimum atomic E-state index is 0.651. The van der Waals surface area contributed by atoms with Crippen molar-refractivity contribution in [2.24, 2.45) is 18.5 Å². The van der Waals surface area contributed by atoms with E-state index in [0.717, 1.165) is 34.4 Å². The highest BCUT2D eigenvalue weighted by atomic mass is 15.0. The van der Waals surface area contributed by atoms with E-state index in [1.54, 1.807) is 6.33 Å². The minimum absolute atomic E-state index is 0.651. The van der Waals surface area contributed by atoms with Crippen molar-refractivity contribution in [2.75, 3.05) is 0 Å². The molecule has 2 heterocycles. The number of hydrogen-bond donors (Lipinski definition) is 3. The number of benzene rings is 1. The minimum Gasteiger partial charge on any atom is -0.398 e. The fraction of sp³-hybridized carbons (Fsp3) is 0.393. The molecule has 0 fully saturated rings. The second-order valence-corrected chi connectivity index (χ2v) is 7.80. The first-order chi connectivity index (χ1) is 15.9. The Morgan fingerprint density at radius 3 is 2.27 bits per heavy atom. The van der Waals surface area contributed by atoms with Crippen molar-refractivity contribution in [1.82, 2.24) is 14.9 Å². The Morgan fingerprint density at radius 1 is 1.18 bits per heavy atom. The molecule has 5 heteroatoms. The second kappa shape index (κ2) is 17.4. The lowest BCUT2D eigenvalue weighted by Gasteiger charge is -2.13. The molecule has 0 amide bonds. The Kier molecular flexibility index (Phi) is 15.7. The summed E-state index contributed by atoms with van der Waals surface area (Å²) < 4.78 is 1.94. The molecule has 3 rings (SSSR count). The Hall–Kier alpha value is -3.21. The van der Waals surface area contributed by atoms with Crippen molar-refractivity contribution >= 4 is 5.70 Å². The molecular formula is C28H45N5. The predicted molar refractivity (Wildman–Crippen MR) is 146 cm³/mol. The first-order valence-corrected chi connectivity index (χ1v) is 11.8. The summed E-state index contributed by atoms with van der Waals surface area (Å²) in [4.78, 5) is 4.38. The van der Waals surface area contributed by atoms with E-state index in [4.69, 9.17) is 11.5 Å². The number of allylic oxidation sites excluding steroid dienone is 3. The van der Waals surface area contributed by atoms with Crippen LogP contribution in [0, 0.1) is 6.92 Å². The molecule has 0 radical (unpaired) electrons. The van der Waals surface area contributed by atoms with Gasteiger partial charge in [-0.05, 0) is 42.8 Å².